The van der Waals surface area contributed by atoms with Crippen molar-refractivity contribution in [3.63, 3.8) is 0 Å². The van der Waals surface area contributed by atoms with Crippen LogP contribution in [0.4, 0.5) is 10.1 Å². The second-order valence-corrected chi connectivity index (χ2v) is 5.35. The maximum absolute atomic E-state index is 14.0. The van der Waals surface area contributed by atoms with Crippen molar-refractivity contribution in [1.82, 2.24) is 9.91 Å². The number of nitrogens with zero attached hydrogens (tertiary/aromatic N) is 2. The Bertz CT molecular complexity index is 678. The number of carbonyl (C=O) groups excluding carboxylic acids is 3. The third-order valence-corrected chi connectivity index (χ3v) is 4.00. The van der Waals surface area contributed by atoms with Gasteiger partial charge in [-0.25, -0.2) is 15.2 Å². The zero-order chi connectivity index (χ0) is 16.0. The van der Waals surface area contributed by atoms with Crippen molar-refractivity contribution < 1.29 is 18.8 Å². The van der Waals surface area contributed by atoms with Crippen LogP contribution in [0, 0.1) is 5.82 Å². The third-order valence-electron chi connectivity index (χ3n) is 4.00. The number of nitrogens with one attached hydrogen (secondary N) is 1. The Morgan fingerprint density at radius 1 is 1.32 bits per heavy atom. The third kappa shape index (κ3) is 2.03. The second kappa shape index (κ2) is 5.06. The molecule has 0 aliphatic carbocycles. The van der Waals surface area contributed by atoms with Gasteiger partial charge in [-0.3, -0.25) is 14.4 Å². The van der Waals surface area contributed by atoms with Gasteiger partial charge in [-0.15, -0.1) is 0 Å². The molecule has 1 aromatic rings. The lowest BCUT2D eigenvalue weighted by atomic mass is 9.99. The highest BCUT2D eigenvalue weighted by molar-refractivity contribution is 6.06. The average Bonchev–Trinajstić information content (AvgIpc) is 2.47. The first-order valence-corrected chi connectivity index (χ1v) is 6.91. The molecule has 0 saturated carbocycles. The van der Waals surface area contributed by atoms with E-state index in [2.05, 4.69) is 5.32 Å². The van der Waals surface area contributed by atoms with Crippen molar-refractivity contribution in [3.05, 3.63) is 29.6 Å². The van der Waals surface area contributed by atoms with Crippen LogP contribution in [0.3, 0.4) is 0 Å². The number of rotatable bonds is 1. The molecule has 3 rings (SSSR count). The number of imide groups is 1. The molecule has 8 heteroatoms. The quantitative estimate of drug-likeness (QED) is 0.446. The summed E-state index contributed by atoms with van der Waals surface area (Å²) in [6.07, 6.45) is -0.280. The van der Waals surface area contributed by atoms with Gasteiger partial charge in [0.2, 0.25) is 5.91 Å². The number of anilines is 1. The topological polar surface area (TPSA) is 95.7 Å². The van der Waals surface area contributed by atoms with Gasteiger partial charge in [0.15, 0.2) is 0 Å². The number of benzene rings is 1. The molecule has 1 fully saturated rings. The SMILES string of the molecule is CC1Nc2cccc(F)c2C(=O)N1C1CCC(=O)N(N)C1=O. The fraction of sp³-hybridized carbons (Fsp3) is 0.357. The van der Waals surface area contributed by atoms with Crippen molar-refractivity contribution in [2.24, 2.45) is 5.84 Å². The van der Waals surface area contributed by atoms with E-state index in [9.17, 15) is 18.8 Å². The summed E-state index contributed by atoms with van der Waals surface area (Å²) < 4.78 is 14.0. The predicted octanol–water partition coefficient (Wildman–Crippen LogP) is 0.431. The van der Waals surface area contributed by atoms with Crippen molar-refractivity contribution >= 4 is 23.4 Å². The number of carbonyl (C=O) groups is 3. The lowest BCUT2D eigenvalue weighted by Gasteiger charge is -2.42. The van der Waals surface area contributed by atoms with E-state index in [0.717, 1.165) is 0 Å². The molecule has 22 heavy (non-hydrogen) atoms. The molecule has 0 radical (unpaired) electrons. The van der Waals surface area contributed by atoms with E-state index in [1.165, 1.54) is 17.0 Å². The minimum Gasteiger partial charge on any atom is -0.365 e. The van der Waals surface area contributed by atoms with Gasteiger partial charge in [0.1, 0.15) is 11.9 Å². The summed E-state index contributed by atoms with van der Waals surface area (Å²) in [6.45, 7) is 1.69. The Morgan fingerprint density at radius 2 is 2.05 bits per heavy atom. The predicted molar refractivity (Wildman–Crippen MR) is 74.7 cm³/mol. The number of fused-ring (bicyclic) bond motifs is 1. The first-order chi connectivity index (χ1) is 10.4. The molecule has 2 aliphatic rings. The number of hydrazine groups is 1. The minimum atomic E-state index is -0.884. The molecular formula is C14H15FN4O3. The molecule has 2 heterocycles. The first-order valence-electron chi connectivity index (χ1n) is 6.91. The zero-order valence-electron chi connectivity index (χ0n) is 11.9. The van der Waals surface area contributed by atoms with Crippen LogP contribution in [0.5, 0.6) is 0 Å². The molecule has 0 bridgehead atoms. The molecule has 2 atom stereocenters. The van der Waals surface area contributed by atoms with Gasteiger partial charge >= 0.3 is 0 Å². The van der Waals surface area contributed by atoms with Gasteiger partial charge in [0.25, 0.3) is 11.8 Å². The van der Waals surface area contributed by atoms with Gasteiger partial charge in [-0.1, -0.05) is 6.07 Å². The summed E-state index contributed by atoms with van der Waals surface area (Å²) in [5.41, 5.74) is 0.284. The first kappa shape index (κ1) is 14.5. The summed E-state index contributed by atoms with van der Waals surface area (Å²) in [4.78, 5) is 37.5. The summed E-state index contributed by atoms with van der Waals surface area (Å²) in [5, 5.41) is 3.53. The maximum atomic E-state index is 14.0. The van der Waals surface area contributed by atoms with Crippen molar-refractivity contribution in [2.45, 2.75) is 32.0 Å². The van der Waals surface area contributed by atoms with Gasteiger partial charge in [0, 0.05) is 6.42 Å². The van der Waals surface area contributed by atoms with Crippen LogP contribution >= 0.6 is 0 Å². The highest BCUT2D eigenvalue weighted by Gasteiger charge is 2.43. The molecule has 0 spiro atoms. The number of hydrogen-bond acceptors (Lipinski definition) is 5. The van der Waals surface area contributed by atoms with Crippen molar-refractivity contribution in [1.29, 1.82) is 0 Å². The Labute approximate surface area is 125 Å². The van der Waals surface area contributed by atoms with Crippen LogP contribution in [0.25, 0.3) is 0 Å². The Balaban J connectivity index is 1.98. The van der Waals surface area contributed by atoms with E-state index >= 15 is 0 Å². The van der Waals surface area contributed by atoms with E-state index < -0.39 is 35.7 Å². The molecule has 3 amide bonds. The highest BCUT2D eigenvalue weighted by atomic mass is 19.1. The average molecular weight is 306 g/mol. The van der Waals surface area contributed by atoms with E-state index in [1.54, 1.807) is 13.0 Å². The molecule has 1 saturated heterocycles. The van der Waals surface area contributed by atoms with Crippen LogP contribution in [0.2, 0.25) is 0 Å². The van der Waals surface area contributed by atoms with E-state index in [-0.39, 0.29) is 18.4 Å². The molecule has 3 N–H and O–H groups in total. The van der Waals surface area contributed by atoms with Gasteiger partial charge in [-0.05, 0) is 25.5 Å². The molecule has 116 valence electrons. The summed E-state index contributed by atoms with van der Waals surface area (Å²) in [6, 6.07) is 3.41. The van der Waals surface area contributed by atoms with E-state index in [0.29, 0.717) is 10.7 Å². The summed E-state index contributed by atoms with van der Waals surface area (Å²) in [7, 11) is 0. The highest BCUT2D eigenvalue weighted by Crippen LogP contribution is 2.31. The van der Waals surface area contributed by atoms with Gasteiger partial charge < -0.3 is 10.2 Å². The molecule has 7 nitrogen and oxygen atoms in total. The lowest BCUT2D eigenvalue weighted by Crippen LogP contribution is -2.62. The normalized spacial score (nSPS) is 25.1. The van der Waals surface area contributed by atoms with Crippen LogP contribution in [0.1, 0.15) is 30.1 Å². The van der Waals surface area contributed by atoms with Gasteiger partial charge in [-0.2, -0.15) is 0 Å². The summed E-state index contributed by atoms with van der Waals surface area (Å²) in [5.74, 6) is 3.05. The number of nitrogens with two attached hydrogens (primary N) is 1. The van der Waals surface area contributed by atoms with Crippen LogP contribution in [-0.2, 0) is 9.59 Å². The molecule has 0 aromatic heterocycles. The van der Waals surface area contributed by atoms with E-state index in [1.807, 2.05) is 0 Å². The Kier molecular flexibility index (Phi) is 3.32. The number of hydrogen-bond donors (Lipinski definition) is 2. The fourth-order valence-electron chi connectivity index (χ4n) is 2.92. The standard InChI is InChI=1S/C14H15FN4O3/c1-7-17-9-4-2-3-8(15)12(9)14(22)18(7)10-5-6-11(20)19(16)13(10)21/h2-4,7,10,17H,5-6,16H2,1H3. The smallest absolute Gasteiger partial charge is 0.266 e. The monoisotopic (exact) mass is 306 g/mol. The lowest BCUT2D eigenvalue weighted by molar-refractivity contribution is -0.153. The zero-order valence-corrected chi connectivity index (χ0v) is 11.9. The number of amides is 3. The second-order valence-electron chi connectivity index (χ2n) is 5.35. The molecule has 2 unspecified atom stereocenters. The van der Waals surface area contributed by atoms with Gasteiger partial charge in [0.05, 0.1) is 17.4 Å². The minimum absolute atomic E-state index is 0.0630. The van der Waals surface area contributed by atoms with Crippen molar-refractivity contribution in [3.8, 4) is 0 Å². The maximum Gasteiger partial charge on any atom is 0.266 e. The Hall–Kier alpha value is -2.48. The Morgan fingerprint density at radius 3 is 2.77 bits per heavy atom. The molecule has 1 aromatic carbocycles. The fourth-order valence-corrected chi connectivity index (χ4v) is 2.92. The van der Waals surface area contributed by atoms with Crippen LogP contribution < -0.4 is 11.2 Å². The number of halogens is 1. The van der Waals surface area contributed by atoms with Crippen LogP contribution in [-0.4, -0.2) is 39.8 Å². The van der Waals surface area contributed by atoms with E-state index in [4.69, 9.17) is 5.84 Å². The largest absolute Gasteiger partial charge is 0.365 e. The van der Waals surface area contributed by atoms with Crippen molar-refractivity contribution in [2.75, 3.05) is 5.32 Å². The summed E-state index contributed by atoms with van der Waals surface area (Å²) >= 11 is 0. The molecule has 2 aliphatic heterocycles. The number of piperidine rings is 1. The van der Waals surface area contributed by atoms with Crippen LogP contribution in [0.15, 0.2) is 18.2 Å². The molecular weight excluding hydrogens is 291 g/mol.